The Morgan fingerprint density at radius 1 is 1.10 bits per heavy atom. The van der Waals surface area contributed by atoms with E-state index in [1.54, 1.807) is 5.01 Å². The average Bonchev–Trinajstić information content (AvgIpc) is 2.49. The fourth-order valence-electron chi connectivity index (χ4n) is 2.00. The molecule has 0 saturated heterocycles. The van der Waals surface area contributed by atoms with Crippen LogP contribution in [0.5, 0.6) is 0 Å². The first-order valence-corrected chi connectivity index (χ1v) is 7.39. The molecule has 0 aromatic heterocycles. The van der Waals surface area contributed by atoms with Crippen LogP contribution in [0.25, 0.3) is 0 Å². The SMILES string of the molecule is CCCCN(CCCC)C(=N)N(NN)c1ccccc1. The largest absolute Gasteiger partial charge is 0.342 e. The summed E-state index contributed by atoms with van der Waals surface area (Å²) in [5.74, 6) is 6.01. The fourth-order valence-corrected chi connectivity index (χ4v) is 2.00. The molecule has 0 atom stereocenters. The second kappa shape index (κ2) is 9.34. The maximum absolute atomic E-state index is 8.41. The summed E-state index contributed by atoms with van der Waals surface area (Å²) in [6, 6.07) is 9.71. The van der Waals surface area contributed by atoms with Crippen LogP contribution in [0.4, 0.5) is 5.69 Å². The van der Waals surface area contributed by atoms with Crippen LogP contribution in [0, 0.1) is 5.41 Å². The van der Waals surface area contributed by atoms with Gasteiger partial charge >= 0.3 is 0 Å². The molecule has 0 aliphatic heterocycles. The zero-order valence-corrected chi connectivity index (χ0v) is 12.6. The summed E-state index contributed by atoms with van der Waals surface area (Å²) >= 11 is 0. The molecule has 4 N–H and O–H groups in total. The molecule has 1 rings (SSSR count). The van der Waals surface area contributed by atoms with Crippen molar-refractivity contribution in [1.82, 2.24) is 10.4 Å². The number of benzene rings is 1. The average molecular weight is 277 g/mol. The molecule has 0 heterocycles. The zero-order valence-electron chi connectivity index (χ0n) is 12.6. The lowest BCUT2D eigenvalue weighted by Gasteiger charge is -2.32. The molecule has 112 valence electrons. The van der Waals surface area contributed by atoms with Crippen molar-refractivity contribution in [3.05, 3.63) is 30.3 Å². The lowest BCUT2D eigenvalue weighted by atomic mass is 10.2. The smallest absolute Gasteiger partial charge is 0.214 e. The van der Waals surface area contributed by atoms with E-state index in [-0.39, 0.29) is 0 Å². The van der Waals surface area contributed by atoms with E-state index in [2.05, 4.69) is 24.3 Å². The van der Waals surface area contributed by atoms with Gasteiger partial charge in [0.05, 0.1) is 5.69 Å². The van der Waals surface area contributed by atoms with Crippen molar-refractivity contribution in [2.75, 3.05) is 18.1 Å². The maximum atomic E-state index is 8.41. The number of para-hydroxylation sites is 1. The van der Waals surface area contributed by atoms with Gasteiger partial charge in [-0.05, 0) is 25.0 Å². The van der Waals surface area contributed by atoms with Gasteiger partial charge in [-0.15, -0.1) is 0 Å². The van der Waals surface area contributed by atoms with Gasteiger partial charge in [-0.25, -0.2) is 5.01 Å². The highest BCUT2D eigenvalue weighted by molar-refractivity contribution is 5.92. The predicted octanol–water partition coefficient (Wildman–Crippen LogP) is 2.71. The fraction of sp³-hybridized carbons (Fsp3) is 0.533. The molecule has 20 heavy (non-hydrogen) atoms. The number of unbranched alkanes of at least 4 members (excludes halogenated alkanes) is 2. The molecule has 0 aliphatic rings. The normalized spacial score (nSPS) is 10.3. The molecule has 5 nitrogen and oxygen atoms in total. The molecule has 5 heteroatoms. The standard InChI is InChI=1S/C15H27N5/c1-3-5-12-19(13-6-4-2)15(16)20(18-17)14-10-8-7-9-11-14/h7-11,16,18H,3-6,12-13,17H2,1-2H3. The number of rotatable bonds is 8. The number of guanidine groups is 1. The van der Waals surface area contributed by atoms with E-state index in [1.165, 1.54) is 0 Å². The van der Waals surface area contributed by atoms with Crippen molar-refractivity contribution < 1.29 is 0 Å². The molecule has 0 spiro atoms. The van der Waals surface area contributed by atoms with Gasteiger partial charge < -0.3 is 4.90 Å². The van der Waals surface area contributed by atoms with Gasteiger partial charge in [-0.3, -0.25) is 11.3 Å². The van der Waals surface area contributed by atoms with Gasteiger partial charge in [-0.1, -0.05) is 44.9 Å². The molecule has 1 aromatic rings. The minimum atomic E-state index is 0.403. The van der Waals surface area contributed by atoms with Crippen molar-refractivity contribution in [2.24, 2.45) is 5.84 Å². The Balaban J connectivity index is 2.78. The third-order valence-corrected chi connectivity index (χ3v) is 3.22. The Morgan fingerprint density at radius 2 is 1.65 bits per heavy atom. The summed E-state index contributed by atoms with van der Waals surface area (Å²) in [6.07, 6.45) is 4.41. The number of nitrogens with one attached hydrogen (secondary N) is 2. The van der Waals surface area contributed by atoms with Crippen molar-refractivity contribution in [3.63, 3.8) is 0 Å². The van der Waals surface area contributed by atoms with Crippen molar-refractivity contribution in [2.45, 2.75) is 39.5 Å². The van der Waals surface area contributed by atoms with Gasteiger partial charge in [0.1, 0.15) is 0 Å². The molecule has 0 amide bonds. The van der Waals surface area contributed by atoms with Crippen LogP contribution in [0.2, 0.25) is 0 Å². The van der Waals surface area contributed by atoms with E-state index < -0.39 is 0 Å². The van der Waals surface area contributed by atoms with Crippen LogP contribution < -0.4 is 16.4 Å². The molecule has 0 radical (unpaired) electrons. The minimum absolute atomic E-state index is 0.403. The highest BCUT2D eigenvalue weighted by Crippen LogP contribution is 2.13. The first-order chi connectivity index (χ1) is 9.74. The molecule has 0 unspecified atom stereocenters. The number of anilines is 1. The van der Waals surface area contributed by atoms with Crippen LogP contribution in [-0.4, -0.2) is 23.9 Å². The lowest BCUT2D eigenvalue weighted by Crippen LogP contribution is -2.54. The Morgan fingerprint density at radius 3 is 2.10 bits per heavy atom. The molecule has 0 saturated carbocycles. The lowest BCUT2D eigenvalue weighted by molar-refractivity contribution is 0.384. The van der Waals surface area contributed by atoms with Gasteiger partial charge in [0.15, 0.2) is 0 Å². The summed E-state index contributed by atoms with van der Waals surface area (Å²) in [4.78, 5) is 2.08. The van der Waals surface area contributed by atoms with E-state index in [1.807, 2.05) is 30.3 Å². The zero-order chi connectivity index (χ0) is 14.8. The summed E-state index contributed by atoms with van der Waals surface area (Å²) in [7, 11) is 0. The van der Waals surface area contributed by atoms with E-state index in [9.17, 15) is 0 Å². The number of hydrogen-bond donors (Lipinski definition) is 3. The van der Waals surface area contributed by atoms with Gasteiger partial charge in [0.2, 0.25) is 5.96 Å². The van der Waals surface area contributed by atoms with Crippen LogP contribution >= 0.6 is 0 Å². The molecule has 0 aliphatic carbocycles. The Kier molecular flexibility index (Phi) is 7.69. The molecular formula is C15H27N5. The van der Waals surface area contributed by atoms with Crippen molar-refractivity contribution in [1.29, 1.82) is 5.41 Å². The van der Waals surface area contributed by atoms with Crippen LogP contribution in [0.15, 0.2) is 30.3 Å². The highest BCUT2D eigenvalue weighted by Gasteiger charge is 2.17. The second-order valence-electron chi connectivity index (χ2n) is 4.82. The number of hydrogen-bond acceptors (Lipinski definition) is 3. The molecule has 0 fully saturated rings. The monoisotopic (exact) mass is 277 g/mol. The van der Waals surface area contributed by atoms with Gasteiger partial charge in [0, 0.05) is 13.1 Å². The Hall–Kier alpha value is -1.59. The van der Waals surface area contributed by atoms with E-state index in [4.69, 9.17) is 11.3 Å². The number of hydrazine groups is 2. The first kappa shape index (κ1) is 16.5. The van der Waals surface area contributed by atoms with Gasteiger partial charge in [-0.2, -0.15) is 5.53 Å². The van der Waals surface area contributed by atoms with Crippen LogP contribution in [-0.2, 0) is 0 Å². The first-order valence-electron chi connectivity index (χ1n) is 7.39. The molecule has 0 bridgehead atoms. The summed E-state index contributed by atoms with van der Waals surface area (Å²) in [5, 5.41) is 10.0. The predicted molar refractivity (Wildman–Crippen MR) is 85.4 cm³/mol. The van der Waals surface area contributed by atoms with E-state index in [0.29, 0.717) is 5.96 Å². The summed E-state index contributed by atoms with van der Waals surface area (Å²) in [6.45, 7) is 6.11. The van der Waals surface area contributed by atoms with Crippen molar-refractivity contribution in [3.8, 4) is 0 Å². The van der Waals surface area contributed by atoms with E-state index in [0.717, 1.165) is 44.5 Å². The molecule has 1 aromatic carbocycles. The number of nitrogens with zero attached hydrogens (tertiary/aromatic N) is 2. The second-order valence-corrected chi connectivity index (χ2v) is 4.82. The highest BCUT2D eigenvalue weighted by atomic mass is 15.7. The summed E-state index contributed by atoms with van der Waals surface area (Å²) < 4.78 is 0. The summed E-state index contributed by atoms with van der Waals surface area (Å²) in [5.41, 5.74) is 3.49. The van der Waals surface area contributed by atoms with Crippen molar-refractivity contribution >= 4 is 11.6 Å². The quantitative estimate of drug-likeness (QED) is 0.296. The Bertz CT molecular complexity index is 371. The van der Waals surface area contributed by atoms with Gasteiger partial charge in [0.25, 0.3) is 0 Å². The third kappa shape index (κ3) is 4.83. The minimum Gasteiger partial charge on any atom is -0.342 e. The van der Waals surface area contributed by atoms with Crippen LogP contribution in [0.1, 0.15) is 39.5 Å². The van der Waals surface area contributed by atoms with Crippen LogP contribution in [0.3, 0.4) is 0 Å². The van der Waals surface area contributed by atoms with E-state index >= 15 is 0 Å². The number of nitrogens with two attached hydrogens (primary N) is 1. The molecular weight excluding hydrogens is 250 g/mol. The topological polar surface area (TPSA) is 68.4 Å². The third-order valence-electron chi connectivity index (χ3n) is 3.22. The maximum Gasteiger partial charge on any atom is 0.214 e. The Labute approximate surface area is 122 Å².